The minimum absolute atomic E-state index is 0.0780. The molecule has 6 atom stereocenters. The molecule has 0 radical (unpaired) electrons. The zero-order valence-electron chi connectivity index (χ0n) is 29.6. The number of sulfone groups is 1. The van der Waals surface area contributed by atoms with Gasteiger partial charge in [-0.1, -0.05) is 79.7 Å². The highest BCUT2D eigenvalue weighted by Crippen LogP contribution is 2.65. The van der Waals surface area contributed by atoms with Crippen LogP contribution in [0, 0.1) is 28.6 Å². The standard InChI is InChI=1S/C35H56N4O8S/c1-8-10-14-22(27(41)29(42)36-17-9-2)20-24(40)26-25-23(34(25,6)7)21-39(26)30(43)28(33(3,4)5)37-32(44)38-35(15-12-11-13-16-35)31-47-18-19-48(31,45)46/h9,22-23,25-26,28,31H,2,8,10-21H2,1,3-7H3,(H,36,42)(H2,37,38,44)/t22-,23+,25+,26-,28-,31+/m1/s1. The molecular formula is C35H56N4O8S. The monoisotopic (exact) mass is 692 g/mol. The molecule has 13 heteroatoms. The van der Waals surface area contributed by atoms with Crippen molar-refractivity contribution in [1.82, 2.24) is 20.9 Å². The van der Waals surface area contributed by atoms with Crippen LogP contribution < -0.4 is 16.0 Å². The molecule has 2 aliphatic carbocycles. The van der Waals surface area contributed by atoms with Crippen LogP contribution in [0.2, 0.25) is 0 Å². The number of unbranched alkanes of at least 4 members (excludes halogenated alkanes) is 1. The SMILES string of the molecule is C=CCNC(=O)C(=O)[C@H](CCCC)CC(=O)[C@@H]1[C@@H]2[C@H](CN1C(=O)[C@@H](NC(=O)NC1([C@H]3OCCS3(=O)=O)CCCCC1)C(C)(C)C)C2(C)C. The first kappa shape index (κ1) is 38.0. The van der Waals surface area contributed by atoms with E-state index in [4.69, 9.17) is 4.74 Å². The zero-order chi connectivity index (χ0) is 35.7. The van der Waals surface area contributed by atoms with Crippen molar-refractivity contribution in [2.45, 2.75) is 122 Å². The van der Waals surface area contributed by atoms with Crippen molar-refractivity contribution < 1.29 is 37.1 Å². The van der Waals surface area contributed by atoms with Gasteiger partial charge < -0.3 is 25.6 Å². The summed E-state index contributed by atoms with van der Waals surface area (Å²) in [6, 6.07) is -2.47. The largest absolute Gasteiger partial charge is 0.359 e. The van der Waals surface area contributed by atoms with Gasteiger partial charge in [0.05, 0.1) is 23.9 Å². The molecule has 4 aliphatic rings. The molecular weight excluding hydrogens is 636 g/mol. The highest BCUT2D eigenvalue weighted by Gasteiger charge is 2.69. The van der Waals surface area contributed by atoms with Crippen molar-refractivity contribution in [1.29, 1.82) is 0 Å². The first-order valence-corrected chi connectivity index (χ1v) is 19.3. The lowest BCUT2D eigenvalue weighted by atomic mass is 9.82. The van der Waals surface area contributed by atoms with Crippen LogP contribution >= 0.6 is 0 Å². The second-order valence-corrected chi connectivity index (χ2v) is 18.1. The third-order valence-corrected chi connectivity index (χ3v) is 13.1. The average Bonchev–Trinajstić information content (AvgIpc) is 3.33. The maximum Gasteiger partial charge on any atom is 0.316 e. The molecule has 48 heavy (non-hydrogen) atoms. The van der Waals surface area contributed by atoms with Crippen LogP contribution in [0.15, 0.2) is 12.7 Å². The Morgan fingerprint density at radius 1 is 1.08 bits per heavy atom. The number of carbonyl (C=O) groups excluding carboxylic acids is 5. The zero-order valence-corrected chi connectivity index (χ0v) is 30.4. The fourth-order valence-electron chi connectivity index (χ4n) is 8.26. The van der Waals surface area contributed by atoms with Crippen LogP contribution in [-0.2, 0) is 33.8 Å². The lowest BCUT2D eigenvalue weighted by Gasteiger charge is -2.42. The topological polar surface area (TPSA) is 168 Å². The molecule has 0 spiro atoms. The molecule has 0 aromatic carbocycles. The molecule has 2 heterocycles. The number of nitrogens with zero attached hydrogens (tertiary/aromatic N) is 1. The van der Waals surface area contributed by atoms with E-state index in [-0.39, 0.29) is 48.4 Å². The van der Waals surface area contributed by atoms with Gasteiger partial charge in [0.15, 0.2) is 21.1 Å². The molecule has 2 saturated carbocycles. The third kappa shape index (κ3) is 7.82. The van der Waals surface area contributed by atoms with E-state index in [9.17, 15) is 32.4 Å². The van der Waals surface area contributed by atoms with E-state index < -0.39 is 67.9 Å². The highest BCUT2D eigenvalue weighted by atomic mass is 32.2. The average molecular weight is 693 g/mol. The summed E-state index contributed by atoms with van der Waals surface area (Å²) < 4.78 is 31.5. The summed E-state index contributed by atoms with van der Waals surface area (Å²) in [6.07, 6.45) is 6.48. The maximum absolute atomic E-state index is 14.4. The number of amides is 4. The molecule has 12 nitrogen and oxygen atoms in total. The number of rotatable bonds is 14. The summed E-state index contributed by atoms with van der Waals surface area (Å²) in [5.41, 5.74) is -3.18. The smallest absolute Gasteiger partial charge is 0.316 e. The van der Waals surface area contributed by atoms with Gasteiger partial charge in [-0.05, 0) is 41.9 Å². The Balaban J connectivity index is 1.55. The van der Waals surface area contributed by atoms with E-state index in [1.807, 2.05) is 27.7 Å². The molecule has 0 aromatic rings. The molecule has 2 aliphatic heterocycles. The van der Waals surface area contributed by atoms with Gasteiger partial charge in [-0.2, -0.15) is 0 Å². The number of nitrogens with one attached hydrogen (secondary N) is 3. The Labute approximate surface area is 285 Å². The number of hydrogen-bond acceptors (Lipinski definition) is 8. The quantitative estimate of drug-likeness (QED) is 0.184. The molecule has 4 amide bonds. The highest BCUT2D eigenvalue weighted by molar-refractivity contribution is 7.92. The molecule has 4 fully saturated rings. The molecule has 3 N–H and O–H groups in total. The number of ketones is 2. The number of urea groups is 1. The minimum Gasteiger partial charge on any atom is -0.359 e. The molecule has 0 aromatic heterocycles. The predicted octanol–water partition coefficient (Wildman–Crippen LogP) is 3.29. The minimum atomic E-state index is -3.57. The van der Waals surface area contributed by atoms with Crippen molar-refractivity contribution in [2.75, 3.05) is 25.4 Å². The van der Waals surface area contributed by atoms with Crippen LogP contribution in [0.1, 0.15) is 99.3 Å². The summed E-state index contributed by atoms with van der Waals surface area (Å²) in [5, 5.41) is 8.35. The molecule has 270 valence electrons. The molecule has 0 bridgehead atoms. The fraction of sp³-hybridized carbons (Fsp3) is 0.800. The van der Waals surface area contributed by atoms with Crippen molar-refractivity contribution in [2.24, 2.45) is 28.6 Å². The van der Waals surface area contributed by atoms with Crippen molar-refractivity contribution in [3.8, 4) is 0 Å². The second kappa shape index (κ2) is 14.6. The van der Waals surface area contributed by atoms with E-state index in [1.54, 1.807) is 4.90 Å². The number of hydrogen-bond donors (Lipinski definition) is 3. The second-order valence-electron chi connectivity index (χ2n) is 15.9. The van der Waals surface area contributed by atoms with Crippen LogP contribution in [0.25, 0.3) is 0 Å². The van der Waals surface area contributed by atoms with Gasteiger partial charge in [-0.25, -0.2) is 13.2 Å². The summed E-state index contributed by atoms with van der Waals surface area (Å²) in [6.45, 7) is 15.7. The van der Waals surface area contributed by atoms with Crippen molar-refractivity contribution in [3.05, 3.63) is 12.7 Å². The van der Waals surface area contributed by atoms with Crippen LogP contribution in [0.4, 0.5) is 4.79 Å². The van der Waals surface area contributed by atoms with Crippen LogP contribution in [0.3, 0.4) is 0 Å². The third-order valence-electron chi connectivity index (χ3n) is 11.1. The number of piperidine rings is 1. The van der Waals surface area contributed by atoms with Gasteiger partial charge in [0.25, 0.3) is 5.91 Å². The van der Waals surface area contributed by atoms with Gasteiger partial charge in [0.1, 0.15) is 6.04 Å². The molecule has 0 unspecified atom stereocenters. The van der Waals surface area contributed by atoms with E-state index in [0.717, 1.165) is 25.7 Å². The first-order chi connectivity index (χ1) is 22.4. The van der Waals surface area contributed by atoms with Crippen LogP contribution in [0.5, 0.6) is 0 Å². The van der Waals surface area contributed by atoms with Gasteiger partial charge >= 0.3 is 6.03 Å². The lowest BCUT2D eigenvalue weighted by molar-refractivity contribution is -0.145. The predicted molar refractivity (Wildman–Crippen MR) is 181 cm³/mol. The number of Topliss-reactive ketones (excluding diaryl/α,β-unsaturated/α-hetero) is 2. The Hall–Kier alpha value is -2.80. The molecule has 2 saturated heterocycles. The van der Waals surface area contributed by atoms with Crippen molar-refractivity contribution in [3.63, 3.8) is 0 Å². The Morgan fingerprint density at radius 2 is 1.75 bits per heavy atom. The Bertz CT molecular complexity index is 1380. The van der Waals surface area contributed by atoms with E-state index >= 15 is 0 Å². The number of fused-ring (bicyclic) bond motifs is 1. The lowest BCUT2D eigenvalue weighted by Crippen LogP contribution is -2.65. The van der Waals surface area contributed by atoms with Gasteiger partial charge in [0.2, 0.25) is 11.7 Å². The van der Waals surface area contributed by atoms with Gasteiger partial charge in [-0.15, -0.1) is 6.58 Å². The van der Waals surface area contributed by atoms with Gasteiger partial charge in [-0.3, -0.25) is 19.2 Å². The molecule has 4 rings (SSSR count). The Morgan fingerprint density at radius 3 is 2.31 bits per heavy atom. The normalized spacial score (nSPS) is 28.0. The summed E-state index contributed by atoms with van der Waals surface area (Å²) >= 11 is 0. The summed E-state index contributed by atoms with van der Waals surface area (Å²) in [5.74, 6) is -2.96. The maximum atomic E-state index is 14.4. The van der Waals surface area contributed by atoms with E-state index in [1.165, 1.54) is 6.08 Å². The van der Waals surface area contributed by atoms with Crippen LogP contribution in [-0.4, -0.2) is 91.2 Å². The fourth-order valence-corrected chi connectivity index (χ4v) is 10.1. The van der Waals surface area contributed by atoms with E-state index in [0.29, 0.717) is 32.2 Å². The Kier molecular flexibility index (Phi) is 11.6. The number of likely N-dealkylation sites (tertiary alicyclic amines) is 1. The van der Waals surface area contributed by atoms with Gasteiger partial charge in [0, 0.05) is 25.4 Å². The number of ether oxygens (including phenoxy) is 1. The number of carbonyl (C=O) groups is 5. The van der Waals surface area contributed by atoms with Crippen molar-refractivity contribution >= 4 is 39.2 Å². The summed E-state index contributed by atoms with van der Waals surface area (Å²) in [7, 11) is -3.57. The van der Waals surface area contributed by atoms with E-state index in [2.05, 4.69) is 36.4 Å². The first-order valence-electron chi connectivity index (χ1n) is 17.6. The summed E-state index contributed by atoms with van der Waals surface area (Å²) in [4.78, 5) is 69.6.